The largest absolute Gasteiger partial charge is 0.495 e. The minimum atomic E-state index is -4.77. The zero-order valence-corrected chi connectivity index (χ0v) is 21.4. The van der Waals surface area contributed by atoms with Crippen LogP contribution >= 0.6 is 0 Å². The number of carbonyl (C=O) groups excluding carboxylic acids is 1. The topological polar surface area (TPSA) is 70.2 Å². The highest BCUT2D eigenvalue weighted by atomic mass is 32.2. The molecule has 202 valence electrons. The van der Waals surface area contributed by atoms with Crippen LogP contribution in [0.5, 0.6) is 5.75 Å². The fraction of sp³-hybridized carbons (Fsp3) is 0.480. The van der Waals surface area contributed by atoms with Crippen molar-refractivity contribution in [3.05, 3.63) is 53.3 Å². The zero-order valence-electron chi connectivity index (χ0n) is 20.6. The fourth-order valence-electron chi connectivity index (χ4n) is 4.80. The van der Waals surface area contributed by atoms with Gasteiger partial charge in [-0.15, -0.1) is 0 Å². The number of amides is 1. The van der Waals surface area contributed by atoms with E-state index in [0.29, 0.717) is 36.7 Å². The first-order valence-electron chi connectivity index (χ1n) is 12.0. The number of benzene rings is 2. The van der Waals surface area contributed by atoms with Gasteiger partial charge in [0.1, 0.15) is 11.6 Å². The highest BCUT2D eigenvalue weighted by molar-refractivity contribution is 7.89. The third-order valence-corrected chi connectivity index (χ3v) is 8.65. The van der Waals surface area contributed by atoms with Gasteiger partial charge in [0.25, 0.3) is 5.91 Å². The standard InChI is InChI=1S/C25H29F4N3O4S/c1-17-4-3-7-32(16-17)37(34,35)21-5-6-23(36-2)22(15-21)30-8-10-31(11-9-30)24(33)18-12-19(25(27,28)29)14-20(26)13-18/h5-6,12-15,17H,3-4,7-11,16H2,1-2H3/t17-/m1/s1. The monoisotopic (exact) mass is 543 g/mol. The van der Waals surface area contributed by atoms with Crippen LogP contribution in [0.25, 0.3) is 0 Å². The number of hydrogen-bond donors (Lipinski definition) is 0. The molecular weight excluding hydrogens is 514 g/mol. The molecule has 0 unspecified atom stereocenters. The van der Waals surface area contributed by atoms with E-state index in [2.05, 4.69) is 0 Å². The second kappa shape index (κ2) is 10.5. The summed E-state index contributed by atoms with van der Waals surface area (Å²) in [6.07, 6.45) is -2.99. The SMILES string of the molecule is COc1ccc(S(=O)(=O)N2CCC[C@@H](C)C2)cc1N1CCN(C(=O)c2cc(F)cc(C(F)(F)F)c2)CC1. The lowest BCUT2D eigenvalue weighted by atomic mass is 10.0. The molecule has 0 aliphatic carbocycles. The Morgan fingerprint density at radius 2 is 1.73 bits per heavy atom. The van der Waals surface area contributed by atoms with E-state index in [1.807, 2.05) is 11.8 Å². The highest BCUT2D eigenvalue weighted by Gasteiger charge is 2.34. The molecule has 0 aromatic heterocycles. The van der Waals surface area contributed by atoms with Gasteiger partial charge in [-0.1, -0.05) is 6.92 Å². The van der Waals surface area contributed by atoms with Crippen molar-refractivity contribution in [2.75, 3.05) is 51.3 Å². The lowest BCUT2D eigenvalue weighted by molar-refractivity contribution is -0.137. The molecule has 0 spiro atoms. The van der Waals surface area contributed by atoms with Gasteiger partial charge in [-0.05, 0) is 55.2 Å². The van der Waals surface area contributed by atoms with Crippen molar-refractivity contribution >= 4 is 21.6 Å². The molecule has 0 N–H and O–H groups in total. The summed E-state index contributed by atoms with van der Waals surface area (Å²) in [6.45, 7) is 3.82. The van der Waals surface area contributed by atoms with E-state index in [9.17, 15) is 30.8 Å². The van der Waals surface area contributed by atoms with E-state index in [-0.39, 0.29) is 42.6 Å². The van der Waals surface area contributed by atoms with E-state index in [4.69, 9.17) is 4.74 Å². The number of nitrogens with zero attached hydrogens (tertiary/aromatic N) is 3. The molecule has 7 nitrogen and oxygen atoms in total. The Labute approximate surface area is 213 Å². The number of carbonyl (C=O) groups is 1. The maximum absolute atomic E-state index is 13.8. The summed E-state index contributed by atoms with van der Waals surface area (Å²) < 4.78 is 86.5. The summed E-state index contributed by atoms with van der Waals surface area (Å²) >= 11 is 0. The maximum atomic E-state index is 13.8. The van der Waals surface area contributed by atoms with Crippen LogP contribution < -0.4 is 9.64 Å². The average Bonchev–Trinajstić information content (AvgIpc) is 2.87. The molecule has 2 aliphatic rings. The summed E-state index contributed by atoms with van der Waals surface area (Å²) in [5, 5.41) is 0. The summed E-state index contributed by atoms with van der Waals surface area (Å²) in [6, 6.07) is 6.47. The Morgan fingerprint density at radius 1 is 1.03 bits per heavy atom. The molecular formula is C25H29F4N3O4S. The van der Waals surface area contributed by atoms with Crippen LogP contribution in [-0.4, -0.2) is 69.9 Å². The van der Waals surface area contributed by atoms with Crippen LogP contribution in [0.2, 0.25) is 0 Å². The van der Waals surface area contributed by atoms with Crippen molar-refractivity contribution in [1.82, 2.24) is 9.21 Å². The van der Waals surface area contributed by atoms with Gasteiger partial charge in [-0.25, -0.2) is 12.8 Å². The summed E-state index contributed by atoms with van der Waals surface area (Å²) in [5.41, 5.74) is -1.05. The van der Waals surface area contributed by atoms with Crippen molar-refractivity contribution in [3.8, 4) is 5.75 Å². The Bertz CT molecular complexity index is 1260. The summed E-state index contributed by atoms with van der Waals surface area (Å²) in [7, 11) is -2.23. The van der Waals surface area contributed by atoms with Crippen molar-refractivity contribution in [2.24, 2.45) is 5.92 Å². The molecule has 2 heterocycles. The van der Waals surface area contributed by atoms with Crippen LogP contribution in [0.1, 0.15) is 35.7 Å². The number of rotatable bonds is 5. The van der Waals surface area contributed by atoms with Gasteiger partial charge < -0.3 is 14.5 Å². The first-order chi connectivity index (χ1) is 17.4. The van der Waals surface area contributed by atoms with Crippen LogP contribution in [0.3, 0.4) is 0 Å². The molecule has 37 heavy (non-hydrogen) atoms. The minimum Gasteiger partial charge on any atom is -0.495 e. The van der Waals surface area contributed by atoms with Gasteiger partial charge in [-0.2, -0.15) is 17.5 Å². The van der Waals surface area contributed by atoms with E-state index in [1.165, 1.54) is 22.4 Å². The van der Waals surface area contributed by atoms with Gasteiger partial charge in [0.05, 0.1) is 23.3 Å². The van der Waals surface area contributed by atoms with Crippen LogP contribution in [0.15, 0.2) is 41.3 Å². The number of anilines is 1. The van der Waals surface area contributed by atoms with Crippen molar-refractivity contribution < 1.29 is 35.5 Å². The zero-order chi connectivity index (χ0) is 27.0. The number of piperidine rings is 1. The number of alkyl halides is 3. The quantitative estimate of drug-likeness (QED) is 0.528. The maximum Gasteiger partial charge on any atom is 0.416 e. The van der Waals surface area contributed by atoms with Crippen LogP contribution in [0, 0.1) is 11.7 Å². The Morgan fingerprint density at radius 3 is 2.35 bits per heavy atom. The first kappa shape index (κ1) is 27.2. The third-order valence-electron chi connectivity index (χ3n) is 6.79. The summed E-state index contributed by atoms with van der Waals surface area (Å²) in [5.74, 6) is -1.10. The van der Waals surface area contributed by atoms with Gasteiger partial charge in [0, 0.05) is 44.8 Å². The highest BCUT2D eigenvalue weighted by Crippen LogP contribution is 2.34. The van der Waals surface area contributed by atoms with Crippen LogP contribution in [0.4, 0.5) is 23.2 Å². The smallest absolute Gasteiger partial charge is 0.416 e. The van der Waals surface area contributed by atoms with E-state index in [0.717, 1.165) is 18.9 Å². The van der Waals surface area contributed by atoms with Crippen molar-refractivity contribution in [2.45, 2.75) is 30.8 Å². The Kier molecular flexibility index (Phi) is 7.70. The molecule has 2 aromatic carbocycles. The lowest BCUT2D eigenvalue weighted by Crippen LogP contribution is -2.49. The molecule has 4 rings (SSSR count). The molecule has 2 aliphatic heterocycles. The number of methoxy groups -OCH3 is 1. The average molecular weight is 544 g/mol. The molecule has 0 radical (unpaired) electrons. The predicted octanol–water partition coefficient (Wildman–Crippen LogP) is 4.24. The second-order valence-corrected chi connectivity index (χ2v) is 11.4. The van der Waals surface area contributed by atoms with Crippen LogP contribution in [-0.2, 0) is 16.2 Å². The van der Waals surface area contributed by atoms with E-state index >= 15 is 0 Å². The second-order valence-electron chi connectivity index (χ2n) is 9.45. The molecule has 2 fully saturated rings. The number of halogens is 4. The molecule has 0 saturated carbocycles. The van der Waals surface area contributed by atoms with Gasteiger partial charge in [0.2, 0.25) is 10.0 Å². The fourth-order valence-corrected chi connectivity index (χ4v) is 6.42. The normalized spacial score (nSPS) is 19.7. The minimum absolute atomic E-state index is 0.148. The van der Waals surface area contributed by atoms with E-state index in [1.54, 1.807) is 12.1 Å². The molecule has 0 bridgehead atoms. The third kappa shape index (κ3) is 5.85. The number of ether oxygens (including phenoxy) is 1. The molecule has 1 amide bonds. The molecule has 2 aromatic rings. The lowest BCUT2D eigenvalue weighted by Gasteiger charge is -2.37. The van der Waals surface area contributed by atoms with Gasteiger partial charge >= 0.3 is 6.18 Å². The van der Waals surface area contributed by atoms with Crippen molar-refractivity contribution in [1.29, 1.82) is 0 Å². The Balaban J connectivity index is 1.52. The predicted molar refractivity (Wildman–Crippen MR) is 130 cm³/mol. The number of hydrogen-bond acceptors (Lipinski definition) is 5. The van der Waals surface area contributed by atoms with Crippen molar-refractivity contribution in [3.63, 3.8) is 0 Å². The molecule has 2 saturated heterocycles. The van der Waals surface area contributed by atoms with Gasteiger partial charge in [-0.3, -0.25) is 4.79 Å². The Hall–Kier alpha value is -2.86. The van der Waals surface area contributed by atoms with E-state index < -0.39 is 33.5 Å². The molecule has 1 atom stereocenters. The molecule has 12 heteroatoms. The van der Waals surface area contributed by atoms with Gasteiger partial charge in [0.15, 0.2) is 0 Å². The first-order valence-corrected chi connectivity index (χ1v) is 13.4. The number of piperazine rings is 1. The number of sulfonamides is 1. The summed E-state index contributed by atoms with van der Waals surface area (Å²) in [4.78, 5) is 16.2.